The Bertz CT molecular complexity index is 1940. The van der Waals surface area contributed by atoms with E-state index in [4.69, 9.17) is 31.2 Å². The molecule has 45 heavy (non-hydrogen) atoms. The number of halogens is 1. The fraction of sp³-hybridized carbons (Fsp3) is 0.353. The summed E-state index contributed by atoms with van der Waals surface area (Å²) in [4.78, 5) is 31.6. The van der Waals surface area contributed by atoms with Crippen LogP contribution in [0.15, 0.2) is 48.5 Å². The molecule has 1 amide bonds. The molecule has 1 saturated heterocycles. The largest absolute Gasteiger partial charge is 0.479 e. The Labute approximate surface area is 270 Å². The summed E-state index contributed by atoms with van der Waals surface area (Å²) in [5.74, 6) is -0.963. The molecule has 1 aliphatic heterocycles. The molecule has 0 spiro atoms. The minimum Gasteiger partial charge on any atom is -0.479 e. The van der Waals surface area contributed by atoms with Crippen molar-refractivity contribution in [3.05, 3.63) is 70.4 Å². The van der Waals surface area contributed by atoms with Gasteiger partial charge in [0.1, 0.15) is 5.01 Å². The lowest BCUT2D eigenvalue weighted by Crippen LogP contribution is -2.28. The van der Waals surface area contributed by atoms with Gasteiger partial charge in [0.05, 0.1) is 34.1 Å². The van der Waals surface area contributed by atoms with Crippen LogP contribution in [0.4, 0.5) is 4.79 Å². The number of hydrogen-bond donors (Lipinski definition) is 1. The average molecular weight is 647 g/mol. The highest BCUT2D eigenvalue weighted by atomic mass is 35.5. The van der Waals surface area contributed by atoms with Crippen molar-refractivity contribution in [1.82, 2.24) is 19.7 Å². The van der Waals surface area contributed by atoms with Crippen molar-refractivity contribution < 1.29 is 24.2 Å². The quantitative estimate of drug-likeness (QED) is 0.199. The third-order valence-corrected chi connectivity index (χ3v) is 9.54. The van der Waals surface area contributed by atoms with Crippen molar-refractivity contribution in [3.63, 3.8) is 0 Å². The molecule has 0 radical (unpaired) electrons. The van der Waals surface area contributed by atoms with E-state index in [2.05, 4.69) is 12.1 Å². The van der Waals surface area contributed by atoms with E-state index in [1.165, 1.54) is 18.4 Å². The zero-order valence-corrected chi connectivity index (χ0v) is 27.6. The summed E-state index contributed by atoms with van der Waals surface area (Å²) in [6, 6.07) is 15.6. The summed E-state index contributed by atoms with van der Waals surface area (Å²) in [6.45, 7) is 8.64. The molecule has 1 unspecified atom stereocenters. The van der Waals surface area contributed by atoms with Gasteiger partial charge in [-0.1, -0.05) is 23.7 Å². The van der Waals surface area contributed by atoms with Crippen LogP contribution in [0, 0.1) is 6.92 Å². The van der Waals surface area contributed by atoms with Gasteiger partial charge in [-0.05, 0) is 81.6 Å². The van der Waals surface area contributed by atoms with Crippen molar-refractivity contribution in [2.24, 2.45) is 7.05 Å². The third-order valence-electron chi connectivity index (χ3n) is 8.15. The normalized spacial score (nSPS) is 16.1. The second-order valence-electron chi connectivity index (χ2n) is 12.4. The highest BCUT2D eigenvalue weighted by molar-refractivity contribution is 7.22. The molecule has 3 heterocycles. The molecule has 3 aromatic carbocycles. The Morgan fingerprint density at radius 1 is 1.11 bits per heavy atom. The zero-order valence-electron chi connectivity index (χ0n) is 26.1. The molecular weight excluding hydrogens is 612 g/mol. The first-order valence-electron chi connectivity index (χ1n) is 14.7. The van der Waals surface area contributed by atoms with Gasteiger partial charge < -0.3 is 19.5 Å². The van der Waals surface area contributed by atoms with E-state index in [0.29, 0.717) is 23.7 Å². The van der Waals surface area contributed by atoms with Gasteiger partial charge in [-0.25, -0.2) is 14.6 Å². The molecular formula is C34H35ClN4O5S. The fourth-order valence-electron chi connectivity index (χ4n) is 6.17. The first-order chi connectivity index (χ1) is 21.3. The summed E-state index contributed by atoms with van der Waals surface area (Å²) in [5.41, 5.74) is 5.96. The first kappa shape index (κ1) is 31.0. The van der Waals surface area contributed by atoms with Gasteiger partial charge in [-0.2, -0.15) is 5.10 Å². The van der Waals surface area contributed by atoms with Gasteiger partial charge in [-0.3, -0.25) is 4.68 Å². The molecule has 0 aliphatic carbocycles. The van der Waals surface area contributed by atoms with Crippen LogP contribution < -0.4 is 0 Å². The number of aryl methyl sites for hydroxylation is 2. The molecule has 234 valence electrons. The van der Waals surface area contributed by atoms with Gasteiger partial charge in [-0.15, -0.1) is 11.3 Å². The topological polar surface area (TPSA) is 107 Å². The minimum atomic E-state index is -1.18. The van der Waals surface area contributed by atoms with Crippen molar-refractivity contribution in [2.45, 2.75) is 51.7 Å². The number of aliphatic carboxylic acids is 1. The van der Waals surface area contributed by atoms with Gasteiger partial charge in [0.2, 0.25) is 0 Å². The second kappa shape index (κ2) is 11.7. The number of thiazole rings is 1. The molecule has 1 aliphatic rings. The van der Waals surface area contributed by atoms with Crippen LogP contribution >= 0.6 is 22.9 Å². The number of nitrogens with zero attached hydrogens (tertiary/aromatic N) is 4. The maximum absolute atomic E-state index is 12.7. The number of fused-ring (bicyclic) bond motifs is 2. The predicted molar refractivity (Wildman–Crippen MR) is 177 cm³/mol. The Hall–Kier alpha value is -3.99. The van der Waals surface area contributed by atoms with Gasteiger partial charge in [0.15, 0.2) is 6.10 Å². The smallest absolute Gasteiger partial charge is 0.409 e. The lowest BCUT2D eigenvalue weighted by molar-refractivity contribution is -0.160. The molecule has 2 aromatic heterocycles. The highest BCUT2D eigenvalue weighted by Gasteiger charge is 2.33. The molecule has 1 fully saturated rings. The SMILES string of the molecule is COC(=O)N1CCC(c2nn(C)c3ccc(-c4nc5cc(C)c([C@H](OC(C)(C)C)C(=O)O)c(-c6ccc(Cl)cc6)c5s4)cc23)C1. The van der Waals surface area contributed by atoms with E-state index >= 15 is 0 Å². The Kier molecular flexibility index (Phi) is 8.09. The maximum atomic E-state index is 12.7. The number of likely N-dealkylation sites (tertiary alicyclic amines) is 1. The van der Waals surface area contributed by atoms with Crippen LogP contribution in [0.2, 0.25) is 5.02 Å². The van der Waals surface area contributed by atoms with E-state index in [-0.39, 0.29) is 12.0 Å². The molecule has 0 saturated carbocycles. The number of methoxy groups -OCH3 is 1. The van der Waals surface area contributed by atoms with E-state index in [9.17, 15) is 14.7 Å². The van der Waals surface area contributed by atoms with E-state index < -0.39 is 17.7 Å². The van der Waals surface area contributed by atoms with Crippen LogP contribution in [0.3, 0.4) is 0 Å². The van der Waals surface area contributed by atoms with Gasteiger partial charge in [0.25, 0.3) is 0 Å². The Morgan fingerprint density at radius 2 is 1.82 bits per heavy atom. The number of carboxylic acids is 1. The molecule has 6 rings (SSSR count). The summed E-state index contributed by atoms with van der Waals surface area (Å²) in [6.07, 6.45) is -0.700. The van der Waals surface area contributed by atoms with E-state index in [1.54, 1.807) is 17.0 Å². The van der Waals surface area contributed by atoms with Gasteiger partial charge in [0, 0.05) is 53.2 Å². The van der Waals surface area contributed by atoms with Crippen molar-refractivity contribution in [1.29, 1.82) is 0 Å². The summed E-state index contributed by atoms with van der Waals surface area (Å²) < 4.78 is 13.8. The van der Waals surface area contributed by atoms with Crippen LogP contribution in [0.1, 0.15) is 56.0 Å². The summed E-state index contributed by atoms with van der Waals surface area (Å²) in [5, 5.41) is 17.6. The average Bonchev–Trinajstić information content (AvgIpc) is 3.72. The predicted octanol–water partition coefficient (Wildman–Crippen LogP) is 7.98. The number of carbonyl (C=O) groups is 2. The van der Waals surface area contributed by atoms with Crippen LogP contribution in [0.5, 0.6) is 0 Å². The van der Waals surface area contributed by atoms with Crippen molar-refractivity contribution in [2.75, 3.05) is 20.2 Å². The molecule has 0 bridgehead atoms. The van der Waals surface area contributed by atoms with Crippen LogP contribution in [-0.4, -0.2) is 62.6 Å². The fourth-order valence-corrected chi connectivity index (χ4v) is 7.41. The van der Waals surface area contributed by atoms with E-state index in [0.717, 1.165) is 60.5 Å². The Balaban J connectivity index is 1.51. The number of ether oxygens (including phenoxy) is 2. The molecule has 9 nitrogen and oxygen atoms in total. The van der Waals surface area contributed by atoms with Crippen molar-refractivity contribution in [3.8, 4) is 21.7 Å². The summed E-state index contributed by atoms with van der Waals surface area (Å²) in [7, 11) is 3.33. The van der Waals surface area contributed by atoms with Crippen LogP contribution in [0.25, 0.3) is 42.8 Å². The highest BCUT2D eigenvalue weighted by Crippen LogP contribution is 2.45. The maximum Gasteiger partial charge on any atom is 0.409 e. The summed E-state index contributed by atoms with van der Waals surface area (Å²) >= 11 is 7.77. The third kappa shape index (κ3) is 5.90. The lowest BCUT2D eigenvalue weighted by Gasteiger charge is -2.28. The van der Waals surface area contributed by atoms with Crippen LogP contribution in [-0.2, 0) is 21.3 Å². The first-order valence-corrected chi connectivity index (χ1v) is 15.9. The number of rotatable bonds is 6. The lowest BCUT2D eigenvalue weighted by atomic mass is 9.91. The Morgan fingerprint density at radius 3 is 2.49 bits per heavy atom. The monoisotopic (exact) mass is 646 g/mol. The second-order valence-corrected chi connectivity index (χ2v) is 13.9. The number of aromatic nitrogens is 3. The molecule has 1 N–H and O–H groups in total. The standard InChI is InChI=1S/C34H35ClN4O5S/c1-18-15-24-30(27(19-7-10-22(35)11-8-19)26(18)29(32(40)41)44-34(2,3)4)45-31(36-24)20-9-12-25-23(16-20)28(37-38(25)5)21-13-14-39(17-21)33(42)43-6/h7-12,15-16,21,29H,13-14,17H2,1-6H3,(H,40,41)/t21?,29-/m0/s1. The number of carboxylic acid groups (broad SMARTS) is 1. The number of benzene rings is 3. The number of amides is 1. The van der Waals surface area contributed by atoms with Crippen molar-refractivity contribution >= 4 is 56.1 Å². The molecule has 11 heteroatoms. The molecule has 2 atom stereocenters. The number of hydrogen-bond acceptors (Lipinski definition) is 7. The molecule has 5 aromatic rings. The zero-order chi connectivity index (χ0) is 32.2. The van der Waals surface area contributed by atoms with E-state index in [1.807, 2.05) is 63.7 Å². The van der Waals surface area contributed by atoms with Gasteiger partial charge >= 0.3 is 12.1 Å². The minimum absolute atomic E-state index is 0.0934. The number of carbonyl (C=O) groups excluding carboxylic acids is 1.